The summed E-state index contributed by atoms with van der Waals surface area (Å²) in [5, 5.41) is 0. The predicted molar refractivity (Wildman–Crippen MR) is 86.6 cm³/mol. The molecular formula is C17H17BrO3. The zero-order chi connectivity index (χ0) is 15.6. The first-order valence-corrected chi connectivity index (χ1v) is 7.30. The molecule has 110 valence electrons. The number of hydrogen-bond donors (Lipinski definition) is 0. The Labute approximate surface area is 133 Å². The fourth-order valence-electron chi connectivity index (χ4n) is 2.25. The van der Waals surface area contributed by atoms with Gasteiger partial charge in [-0.05, 0) is 55.3 Å². The molecule has 0 fully saturated rings. The molecule has 0 amide bonds. The molecule has 0 radical (unpaired) electrons. The Balaban J connectivity index is 2.52. The smallest absolute Gasteiger partial charge is 0.193 e. The van der Waals surface area contributed by atoms with E-state index in [9.17, 15) is 4.79 Å². The Morgan fingerprint density at radius 2 is 1.57 bits per heavy atom. The van der Waals surface area contributed by atoms with E-state index in [-0.39, 0.29) is 5.78 Å². The molecule has 0 aliphatic carbocycles. The fourth-order valence-corrected chi connectivity index (χ4v) is 2.86. The van der Waals surface area contributed by atoms with Crippen molar-refractivity contribution < 1.29 is 14.3 Å². The average molecular weight is 349 g/mol. The van der Waals surface area contributed by atoms with Crippen LogP contribution in [0.4, 0.5) is 0 Å². The number of carbonyl (C=O) groups excluding carboxylic acids is 1. The molecule has 0 unspecified atom stereocenters. The Hall–Kier alpha value is -1.81. The lowest BCUT2D eigenvalue weighted by molar-refractivity contribution is 0.103. The summed E-state index contributed by atoms with van der Waals surface area (Å²) in [5.41, 5.74) is 3.16. The van der Waals surface area contributed by atoms with Crippen LogP contribution < -0.4 is 9.47 Å². The molecule has 2 aromatic rings. The lowest BCUT2D eigenvalue weighted by Crippen LogP contribution is -2.05. The highest BCUT2D eigenvalue weighted by atomic mass is 79.9. The molecule has 0 aromatic heterocycles. The summed E-state index contributed by atoms with van der Waals surface area (Å²) in [6.45, 7) is 3.85. The molecule has 4 heteroatoms. The van der Waals surface area contributed by atoms with Crippen molar-refractivity contribution in [3.63, 3.8) is 0 Å². The van der Waals surface area contributed by atoms with Gasteiger partial charge in [-0.3, -0.25) is 4.79 Å². The van der Waals surface area contributed by atoms with E-state index in [1.54, 1.807) is 20.3 Å². The first kappa shape index (κ1) is 15.6. The van der Waals surface area contributed by atoms with Gasteiger partial charge in [0.05, 0.1) is 14.2 Å². The van der Waals surface area contributed by atoms with Crippen LogP contribution in [0.25, 0.3) is 0 Å². The van der Waals surface area contributed by atoms with E-state index in [1.165, 1.54) is 0 Å². The Bertz CT molecular complexity index is 672. The van der Waals surface area contributed by atoms with Gasteiger partial charge in [0.15, 0.2) is 17.3 Å². The minimum absolute atomic E-state index is 0.0298. The van der Waals surface area contributed by atoms with Gasteiger partial charge in [-0.1, -0.05) is 15.9 Å². The molecule has 0 aliphatic heterocycles. The first-order chi connectivity index (χ1) is 9.96. The summed E-state index contributed by atoms with van der Waals surface area (Å²) in [4.78, 5) is 12.7. The van der Waals surface area contributed by atoms with Crippen molar-refractivity contribution in [3.05, 3.63) is 57.1 Å². The number of carbonyl (C=O) groups is 1. The highest BCUT2D eigenvalue weighted by molar-refractivity contribution is 9.10. The molecule has 0 bridgehead atoms. The summed E-state index contributed by atoms with van der Waals surface area (Å²) in [5.74, 6) is 1.15. The number of hydrogen-bond acceptors (Lipinski definition) is 3. The SMILES string of the molecule is COc1cc(C)c(C(=O)c2cc(C)cc(Br)c2)cc1OC. The molecule has 2 rings (SSSR count). The van der Waals surface area contributed by atoms with Gasteiger partial charge >= 0.3 is 0 Å². The third-order valence-electron chi connectivity index (χ3n) is 3.28. The van der Waals surface area contributed by atoms with Gasteiger partial charge in [0, 0.05) is 15.6 Å². The van der Waals surface area contributed by atoms with E-state index in [4.69, 9.17) is 9.47 Å². The number of ketones is 1. The zero-order valence-electron chi connectivity index (χ0n) is 12.5. The predicted octanol–water partition coefficient (Wildman–Crippen LogP) is 4.31. The second-order valence-electron chi connectivity index (χ2n) is 4.87. The van der Waals surface area contributed by atoms with E-state index in [2.05, 4.69) is 15.9 Å². The van der Waals surface area contributed by atoms with Crippen LogP contribution in [0.3, 0.4) is 0 Å². The first-order valence-electron chi connectivity index (χ1n) is 6.50. The molecule has 0 N–H and O–H groups in total. The van der Waals surface area contributed by atoms with Crippen molar-refractivity contribution >= 4 is 21.7 Å². The van der Waals surface area contributed by atoms with Gasteiger partial charge in [-0.25, -0.2) is 0 Å². The van der Waals surface area contributed by atoms with Gasteiger partial charge in [-0.2, -0.15) is 0 Å². The zero-order valence-corrected chi connectivity index (χ0v) is 14.1. The third kappa shape index (κ3) is 3.27. The molecule has 2 aromatic carbocycles. The van der Waals surface area contributed by atoms with Crippen LogP contribution in [0.2, 0.25) is 0 Å². The molecular weight excluding hydrogens is 332 g/mol. The van der Waals surface area contributed by atoms with Crippen LogP contribution in [0.1, 0.15) is 27.0 Å². The minimum Gasteiger partial charge on any atom is -0.493 e. The number of rotatable bonds is 4. The highest BCUT2D eigenvalue weighted by Gasteiger charge is 2.16. The average Bonchev–Trinajstić information content (AvgIpc) is 2.45. The maximum Gasteiger partial charge on any atom is 0.193 e. The summed E-state index contributed by atoms with van der Waals surface area (Å²) >= 11 is 3.43. The van der Waals surface area contributed by atoms with E-state index >= 15 is 0 Å². The van der Waals surface area contributed by atoms with Crippen molar-refractivity contribution in [3.8, 4) is 11.5 Å². The van der Waals surface area contributed by atoms with Gasteiger partial charge in [0.1, 0.15) is 0 Å². The van der Waals surface area contributed by atoms with Gasteiger partial charge in [0.25, 0.3) is 0 Å². The Morgan fingerprint density at radius 1 is 0.952 bits per heavy atom. The summed E-state index contributed by atoms with van der Waals surface area (Å²) in [7, 11) is 3.14. The summed E-state index contributed by atoms with van der Waals surface area (Å²) in [6, 6.07) is 9.22. The third-order valence-corrected chi connectivity index (χ3v) is 3.74. The topological polar surface area (TPSA) is 35.5 Å². The van der Waals surface area contributed by atoms with Crippen molar-refractivity contribution in [2.24, 2.45) is 0 Å². The number of ether oxygens (including phenoxy) is 2. The molecule has 0 spiro atoms. The molecule has 21 heavy (non-hydrogen) atoms. The summed E-state index contributed by atoms with van der Waals surface area (Å²) in [6.07, 6.45) is 0. The number of halogens is 1. The maximum absolute atomic E-state index is 12.7. The van der Waals surface area contributed by atoms with Crippen LogP contribution in [-0.2, 0) is 0 Å². The summed E-state index contributed by atoms with van der Waals surface area (Å²) < 4.78 is 11.4. The van der Waals surface area contributed by atoms with E-state index in [1.807, 2.05) is 38.1 Å². The Morgan fingerprint density at radius 3 is 2.14 bits per heavy atom. The van der Waals surface area contributed by atoms with Gasteiger partial charge < -0.3 is 9.47 Å². The molecule has 0 heterocycles. The quantitative estimate of drug-likeness (QED) is 0.772. The maximum atomic E-state index is 12.7. The van der Waals surface area contributed by atoms with Crippen molar-refractivity contribution in [1.29, 1.82) is 0 Å². The van der Waals surface area contributed by atoms with Crippen LogP contribution >= 0.6 is 15.9 Å². The number of aryl methyl sites for hydroxylation is 2. The fraction of sp³-hybridized carbons (Fsp3) is 0.235. The van der Waals surface area contributed by atoms with E-state index in [0.717, 1.165) is 15.6 Å². The molecule has 0 saturated heterocycles. The Kier molecular flexibility index (Phi) is 4.68. The second kappa shape index (κ2) is 6.31. The van der Waals surface area contributed by atoms with Crippen LogP contribution in [0, 0.1) is 13.8 Å². The normalized spacial score (nSPS) is 10.3. The largest absolute Gasteiger partial charge is 0.493 e. The van der Waals surface area contributed by atoms with Crippen molar-refractivity contribution in [2.45, 2.75) is 13.8 Å². The second-order valence-corrected chi connectivity index (χ2v) is 5.78. The van der Waals surface area contributed by atoms with Gasteiger partial charge in [-0.15, -0.1) is 0 Å². The highest BCUT2D eigenvalue weighted by Crippen LogP contribution is 2.31. The number of methoxy groups -OCH3 is 2. The molecule has 0 atom stereocenters. The monoisotopic (exact) mass is 348 g/mol. The number of benzene rings is 2. The van der Waals surface area contributed by atoms with Crippen LogP contribution in [-0.4, -0.2) is 20.0 Å². The lowest BCUT2D eigenvalue weighted by atomic mass is 9.97. The minimum atomic E-state index is -0.0298. The molecule has 0 saturated carbocycles. The van der Waals surface area contributed by atoms with Crippen LogP contribution in [0.5, 0.6) is 11.5 Å². The molecule has 0 aliphatic rings. The van der Waals surface area contributed by atoms with E-state index < -0.39 is 0 Å². The van der Waals surface area contributed by atoms with Crippen molar-refractivity contribution in [1.82, 2.24) is 0 Å². The van der Waals surface area contributed by atoms with E-state index in [0.29, 0.717) is 22.6 Å². The standard InChI is InChI=1S/C17H17BrO3/c1-10-5-12(8-13(18)6-10)17(19)14-9-16(21-4)15(20-3)7-11(14)2/h5-9H,1-4H3. The van der Waals surface area contributed by atoms with Crippen LogP contribution in [0.15, 0.2) is 34.8 Å². The van der Waals surface area contributed by atoms with Gasteiger partial charge in [0.2, 0.25) is 0 Å². The lowest BCUT2D eigenvalue weighted by Gasteiger charge is -2.12. The van der Waals surface area contributed by atoms with Crippen molar-refractivity contribution in [2.75, 3.05) is 14.2 Å². The molecule has 3 nitrogen and oxygen atoms in total.